The SMILES string of the molecule is COc1ccc(C(CCN(C)C)N2Cc3cccc(NC(=O)C4CC4)c3C2=O)cc1O. The van der Waals surface area contributed by atoms with E-state index in [4.69, 9.17) is 4.74 Å². The minimum atomic E-state index is -0.217. The lowest BCUT2D eigenvalue weighted by atomic mass is 10.0. The van der Waals surface area contributed by atoms with Crippen molar-refractivity contribution in [3.8, 4) is 11.5 Å². The van der Waals surface area contributed by atoms with Crippen molar-refractivity contribution < 1.29 is 19.4 Å². The van der Waals surface area contributed by atoms with Crippen LogP contribution in [0, 0.1) is 5.92 Å². The number of aromatic hydroxyl groups is 1. The number of phenolic OH excluding ortho intramolecular Hbond substituents is 1. The summed E-state index contributed by atoms with van der Waals surface area (Å²) in [5, 5.41) is 13.3. The Morgan fingerprint density at radius 2 is 2.06 bits per heavy atom. The van der Waals surface area contributed by atoms with Gasteiger partial charge in [-0.1, -0.05) is 18.2 Å². The first-order chi connectivity index (χ1) is 14.9. The fraction of sp³-hybridized carbons (Fsp3) is 0.417. The molecule has 0 spiro atoms. The van der Waals surface area contributed by atoms with E-state index in [2.05, 4.69) is 10.2 Å². The molecule has 0 aromatic heterocycles. The first-order valence-corrected chi connectivity index (χ1v) is 10.6. The molecule has 2 aromatic carbocycles. The van der Waals surface area contributed by atoms with Crippen molar-refractivity contribution in [1.29, 1.82) is 0 Å². The minimum Gasteiger partial charge on any atom is -0.504 e. The van der Waals surface area contributed by atoms with Gasteiger partial charge in [0.15, 0.2) is 11.5 Å². The molecule has 1 heterocycles. The number of carbonyl (C=O) groups excluding carboxylic acids is 2. The van der Waals surface area contributed by atoms with Crippen molar-refractivity contribution in [2.45, 2.75) is 31.8 Å². The zero-order chi connectivity index (χ0) is 22.1. The van der Waals surface area contributed by atoms with Crippen molar-refractivity contribution in [2.24, 2.45) is 5.92 Å². The van der Waals surface area contributed by atoms with Gasteiger partial charge in [0.05, 0.1) is 24.4 Å². The summed E-state index contributed by atoms with van der Waals surface area (Å²) in [7, 11) is 5.50. The number of phenols is 1. The molecule has 1 saturated carbocycles. The molecule has 4 rings (SSSR count). The summed E-state index contributed by atoms with van der Waals surface area (Å²) in [6.45, 7) is 1.25. The van der Waals surface area contributed by atoms with Crippen molar-refractivity contribution in [1.82, 2.24) is 9.80 Å². The maximum absolute atomic E-state index is 13.5. The van der Waals surface area contributed by atoms with Crippen molar-refractivity contribution in [3.63, 3.8) is 0 Å². The summed E-state index contributed by atoms with van der Waals surface area (Å²) in [4.78, 5) is 29.7. The highest BCUT2D eigenvalue weighted by Gasteiger charge is 2.37. The van der Waals surface area contributed by atoms with Gasteiger partial charge in [0.2, 0.25) is 5.91 Å². The molecule has 7 nitrogen and oxygen atoms in total. The average Bonchev–Trinajstić information content (AvgIpc) is 3.53. The molecule has 1 fully saturated rings. The van der Waals surface area contributed by atoms with Crippen LogP contribution in [0.3, 0.4) is 0 Å². The number of anilines is 1. The lowest BCUT2D eigenvalue weighted by molar-refractivity contribution is -0.117. The largest absolute Gasteiger partial charge is 0.504 e. The van der Waals surface area contributed by atoms with Gasteiger partial charge in [-0.25, -0.2) is 0 Å². The lowest BCUT2D eigenvalue weighted by Crippen LogP contribution is -2.32. The Bertz CT molecular complexity index is 1000. The first kappa shape index (κ1) is 21.2. The first-order valence-electron chi connectivity index (χ1n) is 10.6. The summed E-state index contributed by atoms with van der Waals surface area (Å²) >= 11 is 0. The summed E-state index contributed by atoms with van der Waals surface area (Å²) < 4.78 is 5.17. The number of methoxy groups -OCH3 is 1. The second-order valence-corrected chi connectivity index (χ2v) is 8.58. The normalized spacial score (nSPS) is 16.4. The molecule has 1 aliphatic heterocycles. The van der Waals surface area contributed by atoms with Gasteiger partial charge >= 0.3 is 0 Å². The third-order valence-corrected chi connectivity index (χ3v) is 5.99. The van der Waals surface area contributed by atoms with Crippen LogP contribution in [0.15, 0.2) is 36.4 Å². The van der Waals surface area contributed by atoms with E-state index in [1.807, 2.05) is 37.2 Å². The second-order valence-electron chi connectivity index (χ2n) is 8.58. The minimum absolute atomic E-state index is 0.0103. The number of ether oxygens (including phenoxy) is 1. The summed E-state index contributed by atoms with van der Waals surface area (Å²) in [6.07, 6.45) is 2.53. The summed E-state index contributed by atoms with van der Waals surface area (Å²) in [5.74, 6) is 0.413. The Morgan fingerprint density at radius 3 is 2.71 bits per heavy atom. The fourth-order valence-electron chi connectivity index (χ4n) is 4.12. The van der Waals surface area contributed by atoms with Gasteiger partial charge in [0.25, 0.3) is 5.91 Å². The van der Waals surface area contributed by atoms with E-state index in [0.717, 1.165) is 30.5 Å². The van der Waals surface area contributed by atoms with E-state index in [1.165, 1.54) is 7.11 Å². The molecule has 0 saturated heterocycles. The van der Waals surface area contributed by atoms with Gasteiger partial charge in [-0.3, -0.25) is 9.59 Å². The Balaban J connectivity index is 1.64. The third kappa shape index (κ3) is 4.37. The molecule has 1 aliphatic carbocycles. The van der Waals surface area contributed by atoms with Gasteiger partial charge in [0, 0.05) is 12.5 Å². The quantitative estimate of drug-likeness (QED) is 0.680. The molecule has 2 amide bonds. The predicted molar refractivity (Wildman–Crippen MR) is 118 cm³/mol. The molecule has 1 unspecified atom stereocenters. The number of nitrogens with zero attached hydrogens (tertiary/aromatic N) is 2. The van der Waals surface area contributed by atoms with Gasteiger partial charge in [-0.2, -0.15) is 0 Å². The molecular weight excluding hydrogens is 394 g/mol. The molecule has 2 aliphatic rings. The molecule has 2 aromatic rings. The lowest BCUT2D eigenvalue weighted by Gasteiger charge is -2.29. The zero-order valence-electron chi connectivity index (χ0n) is 18.2. The smallest absolute Gasteiger partial charge is 0.257 e. The van der Waals surface area contributed by atoms with Crippen LogP contribution in [0.1, 0.15) is 46.8 Å². The van der Waals surface area contributed by atoms with E-state index >= 15 is 0 Å². The topological polar surface area (TPSA) is 82.1 Å². The number of amides is 2. The average molecular weight is 424 g/mol. The molecule has 1 atom stereocenters. The zero-order valence-corrected chi connectivity index (χ0v) is 18.2. The summed E-state index contributed by atoms with van der Waals surface area (Å²) in [5.41, 5.74) is 2.92. The molecule has 0 radical (unpaired) electrons. The molecule has 0 bridgehead atoms. The molecule has 31 heavy (non-hydrogen) atoms. The Labute approximate surface area is 182 Å². The van der Waals surface area contributed by atoms with Gasteiger partial charge in [-0.15, -0.1) is 0 Å². The van der Waals surface area contributed by atoms with Crippen LogP contribution in [0.5, 0.6) is 11.5 Å². The van der Waals surface area contributed by atoms with Crippen LogP contribution in [0.25, 0.3) is 0 Å². The van der Waals surface area contributed by atoms with Gasteiger partial charge in [0.1, 0.15) is 0 Å². The second kappa shape index (κ2) is 8.59. The number of carbonyl (C=O) groups is 2. The Kier molecular flexibility index (Phi) is 5.87. The molecule has 2 N–H and O–H groups in total. The monoisotopic (exact) mass is 423 g/mol. The highest BCUT2D eigenvalue weighted by Crippen LogP contribution is 2.39. The van der Waals surface area contributed by atoms with Crippen LogP contribution in [-0.4, -0.2) is 54.5 Å². The Morgan fingerprint density at radius 1 is 1.29 bits per heavy atom. The molecular formula is C24H29N3O4. The van der Waals surface area contributed by atoms with Crippen molar-refractivity contribution in [3.05, 3.63) is 53.1 Å². The highest BCUT2D eigenvalue weighted by molar-refractivity contribution is 6.07. The molecule has 164 valence electrons. The van der Waals surface area contributed by atoms with E-state index in [1.54, 1.807) is 18.2 Å². The number of nitrogens with one attached hydrogen (secondary N) is 1. The van der Waals surface area contributed by atoms with E-state index < -0.39 is 0 Å². The van der Waals surface area contributed by atoms with Gasteiger partial charge < -0.3 is 25.0 Å². The standard InChI is InChI=1S/C24H29N3O4/c1-26(2)12-11-19(16-9-10-21(31-3)20(28)13-16)27-14-17-5-4-6-18(22(17)24(27)30)25-23(29)15-7-8-15/h4-6,9-10,13,15,19,28H,7-8,11-12,14H2,1-3H3,(H,25,29). The number of fused-ring (bicyclic) bond motifs is 1. The summed E-state index contributed by atoms with van der Waals surface area (Å²) in [6, 6.07) is 10.7. The van der Waals surface area contributed by atoms with Crippen LogP contribution in [0.4, 0.5) is 5.69 Å². The van der Waals surface area contributed by atoms with E-state index in [9.17, 15) is 14.7 Å². The van der Waals surface area contributed by atoms with Gasteiger partial charge in [-0.05, 0) is 69.2 Å². The van der Waals surface area contributed by atoms with Crippen LogP contribution in [0.2, 0.25) is 0 Å². The predicted octanol–water partition coefficient (Wildman–Crippen LogP) is 3.40. The maximum atomic E-state index is 13.5. The highest BCUT2D eigenvalue weighted by atomic mass is 16.5. The van der Waals surface area contributed by atoms with E-state index in [-0.39, 0.29) is 29.5 Å². The Hall–Kier alpha value is -3.06. The maximum Gasteiger partial charge on any atom is 0.257 e. The third-order valence-electron chi connectivity index (χ3n) is 5.99. The number of benzene rings is 2. The van der Waals surface area contributed by atoms with Crippen molar-refractivity contribution in [2.75, 3.05) is 33.1 Å². The number of hydrogen-bond donors (Lipinski definition) is 2. The van der Waals surface area contributed by atoms with Crippen LogP contribution >= 0.6 is 0 Å². The fourth-order valence-corrected chi connectivity index (χ4v) is 4.12. The number of rotatable bonds is 8. The van der Waals surface area contributed by atoms with Crippen LogP contribution < -0.4 is 10.1 Å². The molecule has 7 heteroatoms. The van der Waals surface area contributed by atoms with E-state index in [0.29, 0.717) is 30.0 Å². The van der Waals surface area contributed by atoms with Crippen LogP contribution in [-0.2, 0) is 11.3 Å². The van der Waals surface area contributed by atoms with Crippen molar-refractivity contribution >= 4 is 17.5 Å². The number of hydrogen-bond acceptors (Lipinski definition) is 5.